The summed E-state index contributed by atoms with van der Waals surface area (Å²) in [4.78, 5) is 23.7. The second-order valence-electron chi connectivity index (χ2n) is 10.7. The topological polar surface area (TPSA) is 114 Å². The number of likely N-dealkylation sites (tertiary alicyclic amines) is 1. The molecule has 2 aliphatic heterocycles. The third-order valence-corrected chi connectivity index (χ3v) is 9.20. The van der Waals surface area contributed by atoms with Gasteiger partial charge in [0.25, 0.3) is 0 Å². The first-order valence-electron chi connectivity index (χ1n) is 13.0. The van der Waals surface area contributed by atoms with E-state index in [2.05, 4.69) is 27.2 Å². The largest absolute Gasteiger partial charge is 0.365 e. The summed E-state index contributed by atoms with van der Waals surface area (Å²) in [6.45, 7) is 12.6. The number of anilines is 1. The van der Waals surface area contributed by atoms with Crippen LogP contribution in [0.5, 0.6) is 0 Å². The van der Waals surface area contributed by atoms with Crippen LogP contribution < -0.4 is 9.62 Å². The Hall–Kier alpha value is -2.94. The first-order valence-corrected chi connectivity index (χ1v) is 14.5. The molecule has 1 aliphatic carbocycles. The number of nitrogens with one attached hydrogen (secondary N) is 1. The van der Waals surface area contributed by atoms with E-state index in [9.17, 15) is 18.5 Å². The van der Waals surface area contributed by atoms with Crippen molar-refractivity contribution in [3.8, 4) is 6.07 Å². The minimum absolute atomic E-state index is 0.0606. The van der Waals surface area contributed by atoms with Gasteiger partial charge in [-0.2, -0.15) is 9.98 Å². The van der Waals surface area contributed by atoms with Crippen LogP contribution in [0.3, 0.4) is 0 Å². The lowest BCUT2D eigenvalue weighted by Crippen LogP contribution is -2.50. The predicted octanol–water partition coefficient (Wildman–Crippen LogP) is 1.95. The van der Waals surface area contributed by atoms with E-state index in [1.165, 1.54) is 0 Å². The number of hydrogen-bond donors (Lipinski definition) is 1. The highest BCUT2D eigenvalue weighted by molar-refractivity contribution is 7.89. The van der Waals surface area contributed by atoms with E-state index < -0.39 is 15.6 Å². The van der Waals surface area contributed by atoms with E-state index in [0.717, 1.165) is 37.4 Å². The molecule has 37 heavy (non-hydrogen) atoms. The monoisotopic (exact) mass is 525 g/mol. The maximum absolute atomic E-state index is 13.4. The van der Waals surface area contributed by atoms with E-state index in [1.807, 2.05) is 35.4 Å². The number of carbonyl (C=O) groups excluding carboxylic acids is 1. The Morgan fingerprint density at radius 1 is 1.30 bits per heavy atom. The van der Waals surface area contributed by atoms with Crippen LogP contribution in [0.1, 0.15) is 44.7 Å². The Morgan fingerprint density at radius 2 is 2.03 bits per heavy atom. The molecule has 0 bridgehead atoms. The molecular weight excluding hydrogens is 490 g/mol. The van der Waals surface area contributed by atoms with Gasteiger partial charge >= 0.3 is 0 Å². The van der Waals surface area contributed by atoms with Crippen LogP contribution in [0.25, 0.3) is 5.65 Å². The van der Waals surface area contributed by atoms with Crippen LogP contribution in [-0.2, 0) is 14.8 Å². The van der Waals surface area contributed by atoms with Gasteiger partial charge in [0, 0.05) is 69.2 Å². The highest BCUT2D eigenvalue weighted by Gasteiger charge is 2.47. The minimum atomic E-state index is -3.93. The van der Waals surface area contributed by atoms with Gasteiger partial charge in [-0.1, -0.05) is 19.9 Å². The second kappa shape index (κ2) is 9.74. The highest BCUT2D eigenvalue weighted by Crippen LogP contribution is 2.37. The maximum Gasteiger partial charge on any atom is 0.243 e. The molecule has 1 amide bonds. The molecule has 2 saturated heterocycles. The molecule has 11 heteroatoms. The second-order valence-corrected chi connectivity index (χ2v) is 12.4. The smallest absolute Gasteiger partial charge is 0.243 e. The minimum Gasteiger partial charge on any atom is -0.365 e. The molecule has 4 heterocycles. The van der Waals surface area contributed by atoms with E-state index in [-0.39, 0.29) is 22.6 Å². The number of hydrogen-bond acceptors (Lipinski definition) is 7. The van der Waals surface area contributed by atoms with Crippen molar-refractivity contribution in [3.63, 3.8) is 0 Å². The molecule has 3 fully saturated rings. The molecular formula is C26H35N7O3S. The molecule has 2 aromatic rings. The van der Waals surface area contributed by atoms with Crippen LogP contribution >= 0.6 is 0 Å². The summed E-state index contributed by atoms with van der Waals surface area (Å²) < 4.78 is 31.4. The summed E-state index contributed by atoms with van der Waals surface area (Å²) in [6, 6.07) is 3.78. The molecule has 3 aliphatic rings. The first-order chi connectivity index (χ1) is 17.7. The fourth-order valence-corrected chi connectivity index (χ4v) is 6.77. The summed E-state index contributed by atoms with van der Waals surface area (Å²) >= 11 is 0. The van der Waals surface area contributed by atoms with E-state index in [1.54, 1.807) is 12.3 Å². The molecule has 0 spiro atoms. The van der Waals surface area contributed by atoms with Crippen LogP contribution in [0.15, 0.2) is 36.0 Å². The van der Waals surface area contributed by atoms with Crippen molar-refractivity contribution in [3.05, 3.63) is 36.8 Å². The van der Waals surface area contributed by atoms with Gasteiger partial charge in [-0.05, 0) is 31.9 Å². The van der Waals surface area contributed by atoms with Crippen molar-refractivity contribution >= 4 is 27.3 Å². The predicted molar refractivity (Wildman–Crippen MR) is 141 cm³/mol. The molecule has 0 radical (unpaired) electrons. The SMILES string of the molecule is C=CCN1CCC(c2cnc3c(N4CCN(C(=O)C(C)C)CC4)cc(S(=O)(=O)NC4(C#N)CC4)cn23)C1. The van der Waals surface area contributed by atoms with Gasteiger partial charge in [0.05, 0.1) is 11.8 Å². The van der Waals surface area contributed by atoms with Crippen LogP contribution in [0, 0.1) is 17.2 Å². The number of amides is 1. The average Bonchev–Trinajstić information content (AvgIpc) is 3.27. The van der Waals surface area contributed by atoms with Crippen molar-refractivity contribution in [2.75, 3.05) is 50.7 Å². The van der Waals surface area contributed by atoms with Gasteiger partial charge in [0.1, 0.15) is 10.4 Å². The van der Waals surface area contributed by atoms with Gasteiger partial charge < -0.3 is 14.2 Å². The zero-order valence-corrected chi connectivity index (χ0v) is 22.4. The van der Waals surface area contributed by atoms with Crippen LogP contribution in [0.4, 0.5) is 5.69 Å². The molecule has 2 aromatic heterocycles. The van der Waals surface area contributed by atoms with Crippen LogP contribution in [0.2, 0.25) is 0 Å². The summed E-state index contributed by atoms with van der Waals surface area (Å²) in [5.74, 6) is 0.294. The fraction of sp³-hybridized carbons (Fsp3) is 0.577. The maximum atomic E-state index is 13.4. The number of piperazine rings is 1. The van der Waals surface area contributed by atoms with Crippen molar-refractivity contribution in [2.45, 2.75) is 49.5 Å². The Balaban J connectivity index is 1.52. The molecule has 1 saturated carbocycles. The van der Waals surface area contributed by atoms with Gasteiger partial charge in [0.15, 0.2) is 5.65 Å². The van der Waals surface area contributed by atoms with Crippen LogP contribution in [-0.4, -0.2) is 84.9 Å². The Labute approximate surface area is 218 Å². The molecule has 0 aromatic carbocycles. The number of nitriles is 1. The average molecular weight is 526 g/mol. The first kappa shape index (κ1) is 25.7. The van der Waals surface area contributed by atoms with E-state index in [4.69, 9.17) is 4.98 Å². The third kappa shape index (κ3) is 4.98. The number of rotatable bonds is 8. The van der Waals surface area contributed by atoms with Gasteiger partial charge in [-0.25, -0.2) is 13.4 Å². The normalized spacial score (nSPS) is 21.9. The van der Waals surface area contributed by atoms with Crippen molar-refractivity contribution in [1.29, 1.82) is 5.26 Å². The third-order valence-electron chi connectivity index (χ3n) is 7.70. The standard InChI is InChI=1S/C26H35N7O3S/c1-4-8-30-9-5-20(16-30)23-15-28-24-22(31-10-12-32(13-11-31)25(34)19(2)3)14-21(17-33(23)24)37(35,36)29-26(18-27)6-7-26/h4,14-15,17,19-20,29H,1,5-13,16H2,2-3H3. The number of sulfonamides is 1. The quantitative estimate of drug-likeness (QED) is 0.524. The van der Waals surface area contributed by atoms with Gasteiger partial charge in [-0.15, -0.1) is 6.58 Å². The molecule has 198 valence electrons. The summed E-state index contributed by atoms with van der Waals surface area (Å²) in [5, 5.41) is 9.48. The number of aromatic nitrogens is 2. The number of nitrogens with zero attached hydrogens (tertiary/aromatic N) is 6. The van der Waals surface area contributed by atoms with Crippen molar-refractivity contribution < 1.29 is 13.2 Å². The molecule has 1 unspecified atom stereocenters. The lowest BCUT2D eigenvalue weighted by molar-refractivity contribution is -0.134. The van der Waals surface area contributed by atoms with E-state index >= 15 is 0 Å². The lowest BCUT2D eigenvalue weighted by Gasteiger charge is -2.37. The summed E-state index contributed by atoms with van der Waals surface area (Å²) in [6.07, 6.45) is 7.40. The molecule has 1 N–H and O–H groups in total. The number of pyridine rings is 1. The zero-order chi connectivity index (χ0) is 26.4. The highest BCUT2D eigenvalue weighted by atomic mass is 32.2. The van der Waals surface area contributed by atoms with Crippen molar-refractivity contribution in [2.24, 2.45) is 5.92 Å². The molecule has 5 rings (SSSR count). The van der Waals surface area contributed by atoms with E-state index in [0.29, 0.717) is 44.7 Å². The summed E-state index contributed by atoms with van der Waals surface area (Å²) in [7, 11) is -3.93. The zero-order valence-electron chi connectivity index (χ0n) is 21.6. The fourth-order valence-electron chi connectivity index (χ4n) is 5.38. The molecule has 1 atom stereocenters. The summed E-state index contributed by atoms with van der Waals surface area (Å²) in [5.41, 5.74) is 1.41. The Bertz CT molecular complexity index is 1350. The van der Waals surface area contributed by atoms with Gasteiger partial charge in [0.2, 0.25) is 15.9 Å². The Morgan fingerprint density at radius 3 is 2.65 bits per heavy atom. The van der Waals surface area contributed by atoms with Gasteiger partial charge in [-0.3, -0.25) is 9.69 Å². The molecule has 10 nitrogen and oxygen atoms in total. The number of imidazole rings is 1. The Kier molecular flexibility index (Phi) is 6.77. The lowest BCUT2D eigenvalue weighted by atomic mass is 10.1. The van der Waals surface area contributed by atoms with Crippen molar-refractivity contribution in [1.82, 2.24) is 23.9 Å². The number of fused-ring (bicyclic) bond motifs is 1. The number of carbonyl (C=O) groups is 1.